The Labute approximate surface area is 106 Å². The Morgan fingerprint density at radius 3 is 2.94 bits per heavy atom. The first-order valence-electron chi connectivity index (χ1n) is 5.16. The zero-order valence-corrected chi connectivity index (χ0v) is 10.5. The van der Waals surface area contributed by atoms with Gasteiger partial charge in [-0.15, -0.1) is 12.3 Å². The van der Waals surface area contributed by atoms with Crippen molar-refractivity contribution in [2.75, 3.05) is 7.11 Å². The number of ether oxygens (including phenoxy) is 1. The fourth-order valence-electron chi connectivity index (χ4n) is 1.39. The van der Waals surface area contributed by atoms with Crippen LogP contribution in [0.3, 0.4) is 0 Å². The summed E-state index contributed by atoms with van der Waals surface area (Å²) in [6.45, 7) is 1.84. The number of halogens is 1. The van der Waals surface area contributed by atoms with E-state index in [0.717, 1.165) is 0 Å². The quantitative estimate of drug-likeness (QED) is 0.835. The molecule has 0 radical (unpaired) electrons. The number of benzene rings is 1. The van der Waals surface area contributed by atoms with E-state index in [0.29, 0.717) is 22.8 Å². The number of nitrogens with one attached hydrogen (secondary N) is 1. The Kier molecular flexibility index (Phi) is 4.86. The average Bonchev–Trinajstić information content (AvgIpc) is 2.29. The third-order valence-electron chi connectivity index (χ3n) is 2.21. The first-order chi connectivity index (χ1) is 8.08. The van der Waals surface area contributed by atoms with Crippen molar-refractivity contribution in [3.63, 3.8) is 0 Å². The Morgan fingerprint density at radius 2 is 2.35 bits per heavy atom. The van der Waals surface area contributed by atoms with Crippen LogP contribution in [0.5, 0.6) is 5.75 Å². The van der Waals surface area contributed by atoms with Crippen LogP contribution in [0.25, 0.3) is 0 Å². The second kappa shape index (κ2) is 6.17. The molecule has 1 unspecified atom stereocenters. The standard InChI is InChI=1S/C13H14ClNO2/c1-4-5-9(2)15-13(16)11-8-10(14)6-7-12(11)17-3/h1,6-9H,5H2,2-3H3,(H,15,16). The minimum Gasteiger partial charge on any atom is -0.496 e. The topological polar surface area (TPSA) is 38.3 Å². The van der Waals surface area contributed by atoms with Crippen molar-refractivity contribution in [2.24, 2.45) is 0 Å². The monoisotopic (exact) mass is 251 g/mol. The summed E-state index contributed by atoms with van der Waals surface area (Å²) in [6.07, 6.45) is 5.66. The molecule has 1 aromatic carbocycles. The lowest BCUT2D eigenvalue weighted by molar-refractivity contribution is 0.0938. The molecule has 90 valence electrons. The van der Waals surface area contributed by atoms with E-state index in [1.54, 1.807) is 18.2 Å². The van der Waals surface area contributed by atoms with E-state index in [1.165, 1.54) is 7.11 Å². The molecule has 0 aliphatic heterocycles. The maximum absolute atomic E-state index is 11.9. The highest BCUT2D eigenvalue weighted by molar-refractivity contribution is 6.31. The van der Waals surface area contributed by atoms with Gasteiger partial charge in [0.1, 0.15) is 5.75 Å². The van der Waals surface area contributed by atoms with E-state index in [9.17, 15) is 4.79 Å². The second-order valence-electron chi connectivity index (χ2n) is 3.63. The summed E-state index contributed by atoms with van der Waals surface area (Å²) in [4.78, 5) is 11.9. The molecule has 1 N–H and O–H groups in total. The molecule has 0 heterocycles. The first-order valence-corrected chi connectivity index (χ1v) is 5.54. The van der Waals surface area contributed by atoms with E-state index in [2.05, 4.69) is 11.2 Å². The van der Waals surface area contributed by atoms with E-state index < -0.39 is 0 Å². The van der Waals surface area contributed by atoms with E-state index in [4.69, 9.17) is 22.8 Å². The number of amides is 1. The lowest BCUT2D eigenvalue weighted by atomic mass is 10.1. The van der Waals surface area contributed by atoms with E-state index in [1.807, 2.05) is 6.92 Å². The largest absolute Gasteiger partial charge is 0.496 e. The Hall–Kier alpha value is -1.66. The minimum absolute atomic E-state index is 0.0869. The summed E-state index contributed by atoms with van der Waals surface area (Å²) in [5, 5.41) is 3.27. The summed E-state index contributed by atoms with van der Waals surface area (Å²) >= 11 is 5.85. The van der Waals surface area contributed by atoms with Crippen molar-refractivity contribution in [3.8, 4) is 18.1 Å². The van der Waals surface area contributed by atoms with Gasteiger partial charge in [-0.25, -0.2) is 0 Å². The maximum atomic E-state index is 11.9. The summed E-state index contributed by atoms with van der Waals surface area (Å²) in [6, 6.07) is 4.81. The zero-order valence-electron chi connectivity index (χ0n) is 9.79. The van der Waals surface area contributed by atoms with Crippen molar-refractivity contribution in [3.05, 3.63) is 28.8 Å². The van der Waals surface area contributed by atoms with Crippen LogP contribution in [0.2, 0.25) is 5.02 Å². The number of terminal acetylenes is 1. The van der Waals surface area contributed by atoms with Crippen LogP contribution in [0, 0.1) is 12.3 Å². The molecule has 0 aliphatic rings. The molecule has 1 rings (SSSR count). The molecule has 4 heteroatoms. The molecule has 0 aromatic heterocycles. The van der Waals surface area contributed by atoms with E-state index in [-0.39, 0.29) is 11.9 Å². The van der Waals surface area contributed by atoms with Crippen molar-refractivity contribution in [2.45, 2.75) is 19.4 Å². The van der Waals surface area contributed by atoms with Gasteiger partial charge < -0.3 is 10.1 Å². The van der Waals surface area contributed by atoms with Crippen LogP contribution in [0.4, 0.5) is 0 Å². The van der Waals surface area contributed by atoms with Crippen LogP contribution in [0.1, 0.15) is 23.7 Å². The number of carbonyl (C=O) groups excluding carboxylic acids is 1. The van der Waals surface area contributed by atoms with Crippen molar-refractivity contribution in [1.29, 1.82) is 0 Å². The van der Waals surface area contributed by atoms with Gasteiger partial charge in [-0.3, -0.25) is 4.79 Å². The average molecular weight is 252 g/mol. The Bertz CT molecular complexity index is 451. The van der Waals surface area contributed by atoms with Gasteiger partial charge in [0.2, 0.25) is 0 Å². The van der Waals surface area contributed by atoms with Crippen LogP contribution >= 0.6 is 11.6 Å². The second-order valence-corrected chi connectivity index (χ2v) is 4.06. The van der Waals surface area contributed by atoms with Gasteiger partial charge in [-0.1, -0.05) is 11.6 Å². The van der Waals surface area contributed by atoms with Gasteiger partial charge in [0.05, 0.1) is 12.7 Å². The number of hydrogen-bond acceptors (Lipinski definition) is 2. The lowest BCUT2D eigenvalue weighted by Crippen LogP contribution is -2.32. The first kappa shape index (κ1) is 13.4. The summed E-state index contributed by atoms with van der Waals surface area (Å²) in [5.41, 5.74) is 0.406. The normalized spacial score (nSPS) is 11.4. The molecule has 0 spiro atoms. The minimum atomic E-state index is -0.243. The van der Waals surface area contributed by atoms with Gasteiger partial charge in [0, 0.05) is 17.5 Å². The molecule has 0 saturated carbocycles. The van der Waals surface area contributed by atoms with Gasteiger partial charge in [-0.05, 0) is 25.1 Å². The van der Waals surface area contributed by atoms with E-state index >= 15 is 0 Å². The van der Waals surface area contributed by atoms with Gasteiger partial charge in [-0.2, -0.15) is 0 Å². The number of hydrogen-bond donors (Lipinski definition) is 1. The smallest absolute Gasteiger partial charge is 0.255 e. The SMILES string of the molecule is C#CCC(C)NC(=O)c1cc(Cl)ccc1OC. The van der Waals surface area contributed by atoms with Gasteiger partial charge >= 0.3 is 0 Å². The lowest BCUT2D eigenvalue weighted by Gasteiger charge is -2.13. The maximum Gasteiger partial charge on any atom is 0.255 e. The van der Waals surface area contributed by atoms with Crippen LogP contribution in [-0.2, 0) is 0 Å². The molecule has 17 heavy (non-hydrogen) atoms. The molecule has 0 bridgehead atoms. The zero-order chi connectivity index (χ0) is 12.8. The highest BCUT2D eigenvalue weighted by Gasteiger charge is 2.14. The summed E-state index contributed by atoms with van der Waals surface area (Å²) in [7, 11) is 1.50. The molecule has 1 amide bonds. The fraction of sp³-hybridized carbons (Fsp3) is 0.308. The molecular formula is C13H14ClNO2. The predicted molar refractivity (Wildman–Crippen MR) is 68.4 cm³/mol. The summed E-state index contributed by atoms with van der Waals surface area (Å²) < 4.78 is 5.10. The highest BCUT2D eigenvalue weighted by Crippen LogP contribution is 2.22. The van der Waals surface area contributed by atoms with Crippen LogP contribution < -0.4 is 10.1 Å². The predicted octanol–water partition coefficient (Wildman–Crippen LogP) is 2.49. The third kappa shape index (κ3) is 3.69. The Morgan fingerprint density at radius 1 is 1.65 bits per heavy atom. The Balaban J connectivity index is 2.88. The van der Waals surface area contributed by atoms with Crippen molar-refractivity contribution >= 4 is 17.5 Å². The summed E-state index contributed by atoms with van der Waals surface area (Å²) in [5.74, 6) is 2.73. The number of rotatable bonds is 4. The molecule has 0 fully saturated rings. The molecule has 3 nitrogen and oxygen atoms in total. The molecule has 1 atom stereocenters. The molecule has 1 aromatic rings. The molecule has 0 saturated heterocycles. The number of methoxy groups -OCH3 is 1. The van der Waals surface area contributed by atoms with Crippen molar-refractivity contribution < 1.29 is 9.53 Å². The van der Waals surface area contributed by atoms with Crippen LogP contribution in [0.15, 0.2) is 18.2 Å². The third-order valence-corrected chi connectivity index (χ3v) is 2.44. The highest BCUT2D eigenvalue weighted by atomic mass is 35.5. The molecular weight excluding hydrogens is 238 g/mol. The number of carbonyl (C=O) groups is 1. The van der Waals surface area contributed by atoms with Gasteiger partial charge in [0.15, 0.2) is 0 Å². The fourth-order valence-corrected chi connectivity index (χ4v) is 1.56. The van der Waals surface area contributed by atoms with Crippen LogP contribution in [-0.4, -0.2) is 19.1 Å². The van der Waals surface area contributed by atoms with Gasteiger partial charge in [0.25, 0.3) is 5.91 Å². The van der Waals surface area contributed by atoms with Crippen molar-refractivity contribution in [1.82, 2.24) is 5.32 Å². The molecule has 0 aliphatic carbocycles.